The fourth-order valence-corrected chi connectivity index (χ4v) is 5.64. The molecule has 6 nitrogen and oxygen atoms in total. The Hall–Kier alpha value is -2.02. The van der Waals surface area contributed by atoms with Crippen LogP contribution in [0.4, 0.5) is 5.82 Å². The van der Waals surface area contributed by atoms with Crippen molar-refractivity contribution >= 4 is 5.82 Å². The predicted molar refractivity (Wildman–Crippen MR) is 123 cm³/mol. The highest BCUT2D eigenvalue weighted by molar-refractivity contribution is 5.31. The summed E-state index contributed by atoms with van der Waals surface area (Å²) in [5.41, 5.74) is 10.0. The van der Waals surface area contributed by atoms with Crippen LogP contribution in [0.2, 0.25) is 0 Å². The van der Waals surface area contributed by atoms with Gasteiger partial charge in [0.15, 0.2) is 0 Å². The molecule has 1 aliphatic carbocycles. The fraction of sp³-hybridized carbons (Fsp3) is 0.600. The summed E-state index contributed by atoms with van der Waals surface area (Å²) in [6, 6.07) is 6.87. The van der Waals surface area contributed by atoms with Crippen LogP contribution in [-0.4, -0.2) is 58.2 Å². The Bertz CT molecular complexity index is 858. The molecule has 1 atom stereocenters. The smallest absolute Gasteiger partial charge is 0.123 e. The number of anilines is 1. The number of piperidine rings is 2. The van der Waals surface area contributed by atoms with E-state index in [1.165, 1.54) is 36.0 Å². The third-order valence-corrected chi connectivity index (χ3v) is 7.31. The van der Waals surface area contributed by atoms with E-state index in [1.807, 2.05) is 12.3 Å². The molecule has 0 radical (unpaired) electrons. The molecule has 31 heavy (non-hydrogen) atoms. The Morgan fingerprint density at radius 3 is 2.52 bits per heavy atom. The highest BCUT2D eigenvalue weighted by Gasteiger charge is 2.31. The Morgan fingerprint density at radius 1 is 0.968 bits per heavy atom. The molecule has 2 aromatic rings. The first-order valence-corrected chi connectivity index (χ1v) is 12.0. The molecule has 0 bridgehead atoms. The van der Waals surface area contributed by atoms with Gasteiger partial charge >= 0.3 is 0 Å². The molecule has 0 amide bonds. The molecule has 2 saturated heterocycles. The molecule has 166 valence electrons. The van der Waals surface area contributed by atoms with E-state index in [1.54, 1.807) is 6.20 Å². The summed E-state index contributed by atoms with van der Waals surface area (Å²) in [4.78, 5) is 13.6. The number of hydrogen-bond donors (Lipinski definition) is 1. The largest absolute Gasteiger partial charge is 0.384 e. The van der Waals surface area contributed by atoms with E-state index in [2.05, 4.69) is 38.1 Å². The van der Waals surface area contributed by atoms with Crippen molar-refractivity contribution in [2.75, 3.05) is 31.9 Å². The number of aryl methyl sites for hydroxylation is 1. The van der Waals surface area contributed by atoms with E-state index < -0.39 is 0 Å². The molecule has 2 fully saturated rings. The molecule has 0 aromatic carbocycles. The van der Waals surface area contributed by atoms with Crippen molar-refractivity contribution in [3.8, 4) is 0 Å². The summed E-state index contributed by atoms with van der Waals surface area (Å²) in [6.45, 7) is 5.45. The number of likely N-dealkylation sites (tertiary alicyclic amines) is 2. The topological polar surface area (TPSA) is 67.5 Å². The molecule has 5 rings (SSSR count). The van der Waals surface area contributed by atoms with Gasteiger partial charge in [0, 0.05) is 57.4 Å². The molecule has 2 N–H and O–H groups in total. The van der Waals surface area contributed by atoms with Gasteiger partial charge in [0.2, 0.25) is 0 Å². The second-order valence-electron chi connectivity index (χ2n) is 9.42. The minimum absolute atomic E-state index is 0.414. The maximum atomic E-state index is 6.56. The van der Waals surface area contributed by atoms with E-state index in [0.29, 0.717) is 24.1 Å². The van der Waals surface area contributed by atoms with Crippen LogP contribution in [0.1, 0.15) is 61.3 Å². The van der Waals surface area contributed by atoms with Gasteiger partial charge in [-0.25, -0.2) is 4.98 Å². The third-order valence-electron chi connectivity index (χ3n) is 7.31. The standard InChI is InChI=1S/C25H35N5O/c26-25-16-19(4-11-28-25)18-29-12-6-21(7-13-29)31-22-8-14-30(15-9-22)24-3-1-2-20-17-27-10-5-23(20)24/h4-5,10-11,16-17,21-22,24H,1-3,6-9,12-15,18H2,(H2,26,28). The molecule has 6 heteroatoms. The third kappa shape index (κ3) is 5.08. The number of nitrogen functional groups attached to an aromatic ring is 1. The van der Waals surface area contributed by atoms with Crippen LogP contribution in [0, 0.1) is 0 Å². The molecule has 2 aromatic heterocycles. The Kier molecular flexibility index (Phi) is 6.48. The van der Waals surface area contributed by atoms with Crippen LogP contribution in [0.25, 0.3) is 0 Å². The first kappa shape index (κ1) is 20.9. The van der Waals surface area contributed by atoms with Crippen LogP contribution in [0.5, 0.6) is 0 Å². The van der Waals surface area contributed by atoms with Crippen LogP contribution in [-0.2, 0) is 17.7 Å². The molecule has 2 aliphatic heterocycles. The fourth-order valence-electron chi connectivity index (χ4n) is 5.64. The van der Waals surface area contributed by atoms with Crippen molar-refractivity contribution in [1.82, 2.24) is 19.8 Å². The van der Waals surface area contributed by atoms with Crippen LogP contribution in [0.3, 0.4) is 0 Å². The van der Waals surface area contributed by atoms with Gasteiger partial charge in [0.1, 0.15) is 5.82 Å². The summed E-state index contributed by atoms with van der Waals surface area (Å²) >= 11 is 0. The van der Waals surface area contributed by atoms with Crippen molar-refractivity contribution in [3.05, 3.63) is 53.5 Å². The van der Waals surface area contributed by atoms with E-state index in [0.717, 1.165) is 58.4 Å². The van der Waals surface area contributed by atoms with Crippen LogP contribution in [0.15, 0.2) is 36.8 Å². The van der Waals surface area contributed by atoms with Gasteiger partial charge in [-0.3, -0.25) is 14.8 Å². The lowest BCUT2D eigenvalue weighted by molar-refractivity contribution is -0.0702. The summed E-state index contributed by atoms with van der Waals surface area (Å²) in [6.07, 6.45) is 15.0. The molecule has 4 heterocycles. The molecule has 0 spiro atoms. The Morgan fingerprint density at radius 2 is 1.74 bits per heavy atom. The lowest BCUT2D eigenvalue weighted by Gasteiger charge is -2.41. The number of ether oxygens (including phenoxy) is 1. The number of fused-ring (bicyclic) bond motifs is 1. The molecule has 1 unspecified atom stereocenters. The van der Waals surface area contributed by atoms with Gasteiger partial charge in [0.25, 0.3) is 0 Å². The first-order chi connectivity index (χ1) is 15.2. The quantitative estimate of drug-likeness (QED) is 0.796. The van der Waals surface area contributed by atoms with Crippen molar-refractivity contribution in [2.45, 2.75) is 69.7 Å². The summed E-state index contributed by atoms with van der Waals surface area (Å²) in [5, 5.41) is 0. The van der Waals surface area contributed by atoms with E-state index in [-0.39, 0.29) is 0 Å². The highest BCUT2D eigenvalue weighted by atomic mass is 16.5. The number of aromatic nitrogens is 2. The normalized spacial score (nSPS) is 24.2. The second-order valence-corrected chi connectivity index (χ2v) is 9.42. The van der Waals surface area contributed by atoms with Crippen LogP contribution < -0.4 is 5.73 Å². The number of pyridine rings is 2. The van der Waals surface area contributed by atoms with Crippen molar-refractivity contribution in [1.29, 1.82) is 0 Å². The minimum atomic E-state index is 0.414. The number of hydrogen-bond acceptors (Lipinski definition) is 6. The zero-order valence-electron chi connectivity index (χ0n) is 18.5. The Balaban J connectivity index is 1.07. The first-order valence-electron chi connectivity index (χ1n) is 12.0. The summed E-state index contributed by atoms with van der Waals surface area (Å²) in [7, 11) is 0. The van der Waals surface area contributed by atoms with Crippen molar-refractivity contribution in [2.24, 2.45) is 0 Å². The predicted octanol–water partition coefficient (Wildman–Crippen LogP) is 3.58. The van der Waals surface area contributed by atoms with Gasteiger partial charge in [-0.15, -0.1) is 0 Å². The van der Waals surface area contributed by atoms with Gasteiger partial charge in [-0.05, 0) is 79.8 Å². The average Bonchev–Trinajstić information content (AvgIpc) is 2.81. The Labute approximate surface area is 185 Å². The lowest BCUT2D eigenvalue weighted by atomic mass is 9.87. The van der Waals surface area contributed by atoms with Gasteiger partial charge in [-0.1, -0.05) is 0 Å². The summed E-state index contributed by atoms with van der Waals surface area (Å²) < 4.78 is 6.56. The monoisotopic (exact) mass is 421 g/mol. The minimum Gasteiger partial charge on any atom is -0.384 e. The van der Waals surface area contributed by atoms with E-state index in [4.69, 9.17) is 10.5 Å². The van der Waals surface area contributed by atoms with E-state index in [9.17, 15) is 0 Å². The highest BCUT2D eigenvalue weighted by Crippen LogP contribution is 2.35. The van der Waals surface area contributed by atoms with Crippen LogP contribution >= 0.6 is 0 Å². The van der Waals surface area contributed by atoms with Crippen molar-refractivity contribution < 1.29 is 4.74 Å². The molecular weight excluding hydrogens is 386 g/mol. The van der Waals surface area contributed by atoms with Crippen molar-refractivity contribution in [3.63, 3.8) is 0 Å². The van der Waals surface area contributed by atoms with E-state index >= 15 is 0 Å². The average molecular weight is 422 g/mol. The lowest BCUT2D eigenvalue weighted by Crippen LogP contribution is -2.43. The zero-order chi connectivity index (χ0) is 21.0. The maximum absolute atomic E-state index is 6.56. The number of rotatable bonds is 5. The summed E-state index contributed by atoms with van der Waals surface area (Å²) in [5.74, 6) is 0.607. The number of nitrogens with zero attached hydrogens (tertiary/aromatic N) is 4. The molecular formula is C25H35N5O. The second kappa shape index (κ2) is 9.63. The zero-order valence-corrected chi connectivity index (χ0v) is 18.5. The SMILES string of the molecule is Nc1cc(CN2CCC(OC3CCN(C4CCCc5cnccc54)CC3)CC2)ccn1. The maximum Gasteiger partial charge on any atom is 0.123 e. The van der Waals surface area contributed by atoms with Gasteiger partial charge < -0.3 is 10.5 Å². The molecule has 3 aliphatic rings. The number of nitrogens with two attached hydrogens (primary N) is 1. The van der Waals surface area contributed by atoms with Gasteiger partial charge in [-0.2, -0.15) is 0 Å². The van der Waals surface area contributed by atoms with Gasteiger partial charge in [0.05, 0.1) is 12.2 Å². The molecule has 0 saturated carbocycles.